The molecule has 1 atom stereocenters. The van der Waals surface area contributed by atoms with E-state index in [1.54, 1.807) is 13.1 Å². The average molecular weight is 285 g/mol. The fourth-order valence-electron chi connectivity index (χ4n) is 2.66. The van der Waals surface area contributed by atoms with E-state index >= 15 is 0 Å². The van der Waals surface area contributed by atoms with E-state index in [0.717, 1.165) is 30.2 Å². The van der Waals surface area contributed by atoms with Crippen LogP contribution in [0.3, 0.4) is 0 Å². The van der Waals surface area contributed by atoms with Gasteiger partial charge < -0.3 is 14.2 Å². The summed E-state index contributed by atoms with van der Waals surface area (Å²) in [7, 11) is 0. The molecule has 5 nitrogen and oxygen atoms in total. The van der Waals surface area contributed by atoms with Crippen LogP contribution in [0.2, 0.25) is 0 Å². The van der Waals surface area contributed by atoms with Gasteiger partial charge in [-0.15, -0.1) is 0 Å². The summed E-state index contributed by atoms with van der Waals surface area (Å²) in [6.45, 7) is 5.22. The summed E-state index contributed by atoms with van der Waals surface area (Å²) < 4.78 is 7.74. The van der Waals surface area contributed by atoms with Crippen molar-refractivity contribution in [2.24, 2.45) is 0 Å². The molecule has 3 rings (SSSR count). The number of ether oxygens (including phenoxy) is 1. The highest BCUT2D eigenvalue weighted by Gasteiger charge is 2.30. The highest BCUT2D eigenvalue weighted by Crippen LogP contribution is 2.33. The Bertz CT molecular complexity index is 650. The second-order valence-electron chi connectivity index (χ2n) is 5.11. The molecular formula is C16H19N3O2. The largest absolute Gasteiger partial charge is 0.479 e. The lowest BCUT2D eigenvalue weighted by Crippen LogP contribution is -2.45. The van der Waals surface area contributed by atoms with Gasteiger partial charge in [0, 0.05) is 31.9 Å². The van der Waals surface area contributed by atoms with Gasteiger partial charge in [0.15, 0.2) is 6.10 Å². The Hall–Kier alpha value is -2.30. The zero-order valence-electron chi connectivity index (χ0n) is 12.3. The van der Waals surface area contributed by atoms with E-state index in [9.17, 15) is 4.79 Å². The fourth-order valence-corrected chi connectivity index (χ4v) is 2.66. The maximum absolute atomic E-state index is 12.4. The molecule has 0 N–H and O–H groups in total. The molecule has 2 aromatic rings. The van der Waals surface area contributed by atoms with Crippen LogP contribution in [-0.4, -0.2) is 28.1 Å². The van der Waals surface area contributed by atoms with E-state index in [1.807, 2.05) is 35.4 Å². The van der Waals surface area contributed by atoms with Crippen molar-refractivity contribution in [1.82, 2.24) is 9.55 Å². The van der Waals surface area contributed by atoms with Crippen LogP contribution in [0.1, 0.15) is 19.7 Å². The fraction of sp³-hybridized carbons (Fsp3) is 0.375. The first-order chi connectivity index (χ1) is 10.2. The van der Waals surface area contributed by atoms with E-state index in [2.05, 4.69) is 16.5 Å². The molecule has 0 radical (unpaired) electrons. The first-order valence-corrected chi connectivity index (χ1v) is 7.27. The summed E-state index contributed by atoms with van der Waals surface area (Å²) in [6.07, 6.45) is 4.21. The molecule has 1 amide bonds. The maximum Gasteiger partial charge on any atom is 0.267 e. The molecule has 0 saturated carbocycles. The molecule has 0 aliphatic carbocycles. The predicted molar refractivity (Wildman–Crippen MR) is 80.5 cm³/mol. The van der Waals surface area contributed by atoms with E-state index < -0.39 is 6.10 Å². The number of carbonyl (C=O) groups excluding carboxylic acids is 1. The number of para-hydroxylation sites is 2. The van der Waals surface area contributed by atoms with Crippen LogP contribution in [0.15, 0.2) is 36.7 Å². The third-order valence-corrected chi connectivity index (χ3v) is 3.76. The molecule has 1 aliphatic heterocycles. The summed E-state index contributed by atoms with van der Waals surface area (Å²) in [4.78, 5) is 18.5. The second-order valence-corrected chi connectivity index (χ2v) is 5.11. The Kier molecular flexibility index (Phi) is 3.64. The van der Waals surface area contributed by atoms with Crippen LogP contribution in [0.4, 0.5) is 5.69 Å². The Balaban J connectivity index is 1.82. The normalized spacial score (nSPS) is 17.5. The third-order valence-electron chi connectivity index (χ3n) is 3.76. The van der Waals surface area contributed by atoms with Gasteiger partial charge in [0.2, 0.25) is 0 Å². The number of nitrogens with zero attached hydrogens (tertiary/aromatic N) is 3. The van der Waals surface area contributed by atoms with Crippen molar-refractivity contribution in [3.63, 3.8) is 0 Å². The van der Waals surface area contributed by atoms with Crippen molar-refractivity contribution in [3.05, 3.63) is 42.5 Å². The zero-order chi connectivity index (χ0) is 14.8. The maximum atomic E-state index is 12.4. The number of hydrogen-bond donors (Lipinski definition) is 0. The lowest BCUT2D eigenvalue weighted by Gasteiger charge is -2.33. The molecule has 1 aromatic heterocycles. The minimum absolute atomic E-state index is 0.00636. The van der Waals surface area contributed by atoms with Crippen molar-refractivity contribution in [2.75, 3.05) is 11.4 Å². The summed E-state index contributed by atoms with van der Waals surface area (Å²) in [5.74, 6) is 1.81. The standard InChI is InChI=1S/C16H19N3O2/c1-3-15-17-8-9-18(15)10-11-19-13-6-4-5-7-14(13)21-12(2)16(19)20/h4-9,12H,3,10-11H2,1-2H3/t12-/m1/s1. The van der Waals surface area contributed by atoms with Crippen LogP contribution in [-0.2, 0) is 17.8 Å². The molecule has 1 aromatic carbocycles. The SMILES string of the molecule is CCc1nccn1CCN1C(=O)[C@@H](C)Oc2ccccc21. The van der Waals surface area contributed by atoms with Crippen molar-refractivity contribution in [2.45, 2.75) is 32.9 Å². The number of aryl methyl sites for hydroxylation is 1. The summed E-state index contributed by atoms with van der Waals surface area (Å²) in [5.41, 5.74) is 0.846. The molecule has 2 heterocycles. The highest BCUT2D eigenvalue weighted by atomic mass is 16.5. The number of rotatable bonds is 4. The molecule has 1 aliphatic rings. The van der Waals surface area contributed by atoms with E-state index in [4.69, 9.17) is 4.74 Å². The number of benzene rings is 1. The van der Waals surface area contributed by atoms with Gasteiger partial charge in [-0.05, 0) is 19.1 Å². The van der Waals surface area contributed by atoms with Crippen molar-refractivity contribution < 1.29 is 9.53 Å². The molecule has 0 bridgehead atoms. The second kappa shape index (κ2) is 5.60. The molecule has 0 spiro atoms. The Morgan fingerprint density at radius 3 is 2.90 bits per heavy atom. The minimum Gasteiger partial charge on any atom is -0.479 e. The third kappa shape index (κ3) is 2.51. The number of imidazole rings is 1. The van der Waals surface area contributed by atoms with Crippen LogP contribution in [0, 0.1) is 0 Å². The molecular weight excluding hydrogens is 266 g/mol. The molecule has 0 unspecified atom stereocenters. The topological polar surface area (TPSA) is 47.4 Å². The van der Waals surface area contributed by atoms with Gasteiger partial charge in [-0.1, -0.05) is 19.1 Å². The Labute approximate surface area is 124 Å². The average Bonchev–Trinajstić information content (AvgIpc) is 2.95. The summed E-state index contributed by atoms with van der Waals surface area (Å²) >= 11 is 0. The van der Waals surface area contributed by atoms with Gasteiger partial charge in [0.1, 0.15) is 11.6 Å². The van der Waals surface area contributed by atoms with Gasteiger partial charge in [-0.3, -0.25) is 4.79 Å². The van der Waals surface area contributed by atoms with Crippen molar-refractivity contribution in [3.8, 4) is 5.75 Å². The van der Waals surface area contributed by atoms with E-state index in [-0.39, 0.29) is 5.91 Å². The monoisotopic (exact) mass is 285 g/mol. The number of fused-ring (bicyclic) bond motifs is 1. The molecule has 21 heavy (non-hydrogen) atoms. The molecule has 0 saturated heterocycles. The van der Waals surface area contributed by atoms with E-state index in [0.29, 0.717) is 6.54 Å². The van der Waals surface area contributed by atoms with Crippen LogP contribution in [0.5, 0.6) is 5.75 Å². The van der Waals surface area contributed by atoms with Gasteiger partial charge in [-0.25, -0.2) is 4.98 Å². The van der Waals surface area contributed by atoms with Gasteiger partial charge >= 0.3 is 0 Å². The first kappa shape index (κ1) is 13.7. The lowest BCUT2D eigenvalue weighted by atomic mass is 10.2. The molecule has 0 fully saturated rings. The number of aromatic nitrogens is 2. The van der Waals surface area contributed by atoms with Crippen LogP contribution >= 0.6 is 0 Å². The number of carbonyl (C=O) groups is 1. The molecule has 5 heteroatoms. The minimum atomic E-state index is -0.437. The zero-order valence-corrected chi connectivity index (χ0v) is 12.3. The number of amides is 1. The Morgan fingerprint density at radius 1 is 1.29 bits per heavy atom. The predicted octanol–water partition coefficient (Wildman–Crippen LogP) is 2.26. The van der Waals surface area contributed by atoms with Crippen LogP contribution < -0.4 is 9.64 Å². The summed E-state index contributed by atoms with van der Waals surface area (Å²) in [6, 6.07) is 7.67. The van der Waals surface area contributed by atoms with Gasteiger partial charge in [-0.2, -0.15) is 0 Å². The van der Waals surface area contributed by atoms with Gasteiger partial charge in [0.05, 0.1) is 5.69 Å². The molecule has 110 valence electrons. The van der Waals surface area contributed by atoms with Crippen molar-refractivity contribution in [1.29, 1.82) is 0 Å². The Morgan fingerprint density at radius 2 is 2.10 bits per heavy atom. The number of anilines is 1. The number of hydrogen-bond acceptors (Lipinski definition) is 3. The highest BCUT2D eigenvalue weighted by molar-refractivity contribution is 5.99. The lowest BCUT2D eigenvalue weighted by molar-refractivity contribution is -0.125. The summed E-state index contributed by atoms with van der Waals surface area (Å²) in [5, 5.41) is 0. The van der Waals surface area contributed by atoms with E-state index in [1.165, 1.54) is 0 Å². The van der Waals surface area contributed by atoms with Crippen LogP contribution in [0.25, 0.3) is 0 Å². The van der Waals surface area contributed by atoms with Gasteiger partial charge in [0.25, 0.3) is 5.91 Å². The quantitative estimate of drug-likeness (QED) is 0.865. The smallest absolute Gasteiger partial charge is 0.267 e. The first-order valence-electron chi connectivity index (χ1n) is 7.27. The van der Waals surface area contributed by atoms with Crippen molar-refractivity contribution >= 4 is 11.6 Å².